The summed E-state index contributed by atoms with van der Waals surface area (Å²) in [6, 6.07) is 7.63. The van der Waals surface area contributed by atoms with Gasteiger partial charge in [0.25, 0.3) is 5.91 Å². The van der Waals surface area contributed by atoms with E-state index in [9.17, 15) is 4.79 Å². The van der Waals surface area contributed by atoms with Crippen molar-refractivity contribution in [2.45, 2.75) is 6.54 Å². The molecule has 0 unspecified atom stereocenters. The first-order chi connectivity index (χ1) is 11.7. The molecule has 24 heavy (non-hydrogen) atoms. The highest BCUT2D eigenvalue weighted by atomic mass is 16.1. The van der Waals surface area contributed by atoms with Crippen LogP contribution >= 0.6 is 0 Å². The van der Waals surface area contributed by atoms with E-state index in [-0.39, 0.29) is 5.91 Å². The van der Waals surface area contributed by atoms with Gasteiger partial charge in [0.1, 0.15) is 12.7 Å². The molecule has 0 atom stereocenters. The van der Waals surface area contributed by atoms with Gasteiger partial charge in [0.05, 0.1) is 6.54 Å². The zero-order chi connectivity index (χ0) is 16.8. The van der Waals surface area contributed by atoms with Gasteiger partial charge in [-0.15, -0.1) is 0 Å². The Morgan fingerprint density at radius 3 is 2.58 bits per heavy atom. The van der Waals surface area contributed by atoms with E-state index in [0.29, 0.717) is 18.7 Å². The summed E-state index contributed by atoms with van der Waals surface area (Å²) in [5.41, 5.74) is 1.78. The number of carbonyl (C=O) groups excluding carboxylic acids is 1. The Labute approximate surface area is 142 Å². The van der Waals surface area contributed by atoms with Crippen LogP contribution in [0.2, 0.25) is 0 Å². The van der Waals surface area contributed by atoms with Crippen molar-refractivity contribution in [3.05, 3.63) is 48.0 Å². The Balaban J connectivity index is 1.43. The first-order valence-corrected chi connectivity index (χ1v) is 8.31. The minimum absolute atomic E-state index is 0.0172. The van der Waals surface area contributed by atoms with Gasteiger partial charge in [-0.25, -0.2) is 9.67 Å². The number of amides is 1. The van der Waals surface area contributed by atoms with Gasteiger partial charge in [0.2, 0.25) is 0 Å². The third kappa shape index (κ3) is 4.62. The smallest absolute Gasteiger partial charge is 0.251 e. The van der Waals surface area contributed by atoms with Crippen LogP contribution in [0.3, 0.4) is 0 Å². The highest BCUT2D eigenvalue weighted by molar-refractivity contribution is 5.94. The van der Waals surface area contributed by atoms with Crippen LogP contribution in [0.5, 0.6) is 0 Å². The minimum Gasteiger partial charge on any atom is -0.351 e. The second kappa shape index (κ2) is 8.03. The third-order valence-corrected chi connectivity index (χ3v) is 4.34. The molecule has 1 aromatic heterocycles. The lowest BCUT2D eigenvalue weighted by atomic mass is 10.1. The highest BCUT2D eigenvalue weighted by Crippen LogP contribution is 2.06. The SMILES string of the molecule is CN1CCN(CCNC(=O)c2ccc(Cn3cncn3)cc2)CC1. The summed E-state index contributed by atoms with van der Waals surface area (Å²) < 4.78 is 1.76. The van der Waals surface area contributed by atoms with Gasteiger partial charge in [-0.3, -0.25) is 9.69 Å². The summed E-state index contributed by atoms with van der Waals surface area (Å²) >= 11 is 0. The lowest BCUT2D eigenvalue weighted by Gasteiger charge is -2.32. The molecule has 0 radical (unpaired) electrons. The predicted octanol–water partition coefficient (Wildman–Crippen LogP) is 0.304. The molecule has 7 heteroatoms. The third-order valence-electron chi connectivity index (χ3n) is 4.34. The summed E-state index contributed by atoms with van der Waals surface area (Å²) in [6.07, 6.45) is 3.20. The molecule has 1 aromatic carbocycles. The molecule has 3 rings (SSSR count). The minimum atomic E-state index is -0.0172. The van der Waals surface area contributed by atoms with Gasteiger partial charge in [-0.05, 0) is 24.7 Å². The van der Waals surface area contributed by atoms with Crippen molar-refractivity contribution in [1.82, 2.24) is 29.9 Å². The number of nitrogens with zero attached hydrogens (tertiary/aromatic N) is 5. The van der Waals surface area contributed by atoms with Crippen LogP contribution in [0, 0.1) is 0 Å². The zero-order valence-corrected chi connectivity index (χ0v) is 14.1. The number of likely N-dealkylation sites (N-methyl/N-ethyl adjacent to an activating group) is 1. The van der Waals surface area contributed by atoms with E-state index >= 15 is 0 Å². The second-order valence-corrected chi connectivity index (χ2v) is 6.19. The maximum absolute atomic E-state index is 12.2. The monoisotopic (exact) mass is 328 g/mol. The Hall–Kier alpha value is -2.25. The van der Waals surface area contributed by atoms with E-state index in [4.69, 9.17) is 0 Å². The van der Waals surface area contributed by atoms with E-state index in [1.165, 1.54) is 6.33 Å². The first-order valence-electron chi connectivity index (χ1n) is 8.31. The normalized spacial score (nSPS) is 16.2. The summed E-state index contributed by atoms with van der Waals surface area (Å²) in [5, 5.41) is 7.08. The van der Waals surface area contributed by atoms with Crippen molar-refractivity contribution in [3.63, 3.8) is 0 Å². The number of hydrogen-bond acceptors (Lipinski definition) is 5. The van der Waals surface area contributed by atoms with Crippen LogP contribution in [-0.4, -0.2) is 76.8 Å². The molecule has 0 bridgehead atoms. The fourth-order valence-corrected chi connectivity index (χ4v) is 2.76. The molecule has 1 saturated heterocycles. The van der Waals surface area contributed by atoms with Crippen LogP contribution in [0.1, 0.15) is 15.9 Å². The molecule has 7 nitrogen and oxygen atoms in total. The maximum atomic E-state index is 12.2. The van der Waals surface area contributed by atoms with Gasteiger partial charge in [0, 0.05) is 44.8 Å². The number of rotatable bonds is 6. The number of aromatic nitrogens is 3. The molecule has 1 amide bonds. The van der Waals surface area contributed by atoms with Gasteiger partial charge in [0.15, 0.2) is 0 Å². The molecular weight excluding hydrogens is 304 g/mol. The molecule has 2 aromatic rings. The van der Waals surface area contributed by atoms with Gasteiger partial charge in [-0.1, -0.05) is 12.1 Å². The number of benzene rings is 1. The van der Waals surface area contributed by atoms with Gasteiger partial charge in [-0.2, -0.15) is 5.10 Å². The van der Waals surface area contributed by atoms with E-state index in [0.717, 1.165) is 38.3 Å². The van der Waals surface area contributed by atoms with Crippen LogP contribution < -0.4 is 5.32 Å². The highest BCUT2D eigenvalue weighted by Gasteiger charge is 2.13. The molecule has 1 aliphatic heterocycles. The van der Waals surface area contributed by atoms with Crippen molar-refractivity contribution >= 4 is 5.91 Å². The van der Waals surface area contributed by atoms with E-state index in [1.54, 1.807) is 11.0 Å². The zero-order valence-electron chi connectivity index (χ0n) is 14.1. The lowest BCUT2D eigenvalue weighted by Crippen LogP contribution is -2.46. The Morgan fingerprint density at radius 2 is 1.92 bits per heavy atom. The quantitative estimate of drug-likeness (QED) is 0.826. The largest absolute Gasteiger partial charge is 0.351 e. The van der Waals surface area contributed by atoms with Gasteiger partial charge >= 0.3 is 0 Å². The van der Waals surface area contributed by atoms with Crippen LogP contribution in [-0.2, 0) is 6.54 Å². The van der Waals surface area contributed by atoms with Crippen molar-refractivity contribution in [2.24, 2.45) is 0 Å². The maximum Gasteiger partial charge on any atom is 0.251 e. The van der Waals surface area contributed by atoms with E-state index < -0.39 is 0 Å². The Bertz CT molecular complexity index is 632. The van der Waals surface area contributed by atoms with Crippen molar-refractivity contribution in [3.8, 4) is 0 Å². The molecule has 0 aliphatic carbocycles. The molecule has 1 aliphatic rings. The second-order valence-electron chi connectivity index (χ2n) is 6.19. The molecule has 1 fully saturated rings. The topological polar surface area (TPSA) is 66.3 Å². The van der Waals surface area contributed by atoms with Crippen molar-refractivity contribution in [1.29, 1.82) is 0 Å². The fraction of sp³-hybridized carbons (Fsp3) is 0.471. The van der Waals surface area contributed by atoms with Crippen molar-refractivity contribution in [2.75, 3.05) is 46.3 Å². The number of carbonyl (C=O) groups is 1. The van der Waals surface area contributed by atoms with Crippen molar-refractivity contribution < 1.29 is 4.79 Å². The van der Waals surface area contributed by atoms with Gasteiger partial charge < -0.3 is 10.2 Å². The standard InChI is InChI=1S/C17H24N6O/c1-21-8-10-22(11-9-21)7-6-19-17(24)16-4-2-15(3-5-16)12-23-14-18-13-20-23/h2-5,13-14H,6-12H2,1H3,(H,19,24). The molecule has 128 valence electrons. The summed E-state index contributed by atoms with van der Waals surface area (Å²) in [6.45, 7) is 6.59. The number of hydrogen-bond donors (Lipinski definition) is 1. The molecule has 1 N–H and O–H groups in total. The predicted molar refractivity (Wildman–Crippen MR) is 91.8 cm³/mol. The van der Waals surface area contributed by atoms with Crippen LogP contribution in [0.15, 0.2) is 36.9 Å². The fourth-order valence-electron chi connectivity index (χ4n) is 2.76. The number of piperazine rings is 1. The summed E-state index contributed by atoms with van der Waals surface area (Å²) in [4.78, 5) is 20.8. The van der Waals surface area contributed by atoms with E-state index in [2.05, 4.69) is 32.2 Å². The van der Waals surface area contributed by atoms with Crippen LogP contribution in [0.25, 0.3) is 0 Å². The first kappa shape index (κ1) is 16.6. The average Bonchev–Trinajstić information content (AvgIpc) is 3.10. The Morgan fingerprint density at radius 1 is 1.17 bits per heavy atom. The van der Waals surface area contributed by atoms with E-state index in [1.807, 2.05) is 24.3 Å². The Kier molecular flexibility index (Phi) is 5.55. The van der Waals surface area contributed by atoms with Crippen LogP contribution in [0.4, 0.5) is 0 Å². The molecule has 0 saturated carbocycles. The summed E-state index contributed by atoms with van der Waals surface area (Å²) in [5.74, 6) is -0.0172. The summed E-state index contributed by atoms with van der Waals surface area (Å²) in [7, 11) is 2.14. The number of nitrogens with one attached hydrogen (secondary N) is 1. The average molecular weight is 328 g/mol. The molecular formula is C17H24N6O. The molecule has 0 spiro atoms. The molecule has 2 heterocycles. The lowest BCUT2D eigenvalue weighted by molar-refractivity contribution is 0.0941.